The molecule has 3 N–H and O–H groups in total. The molecule has 0 saturated heterocycles. The molecule has 0 aliphatic rings. The summed E-state index contributed by atoms with van der Waals surface area (Å²) in [6.07, 6.45) is 0. The van der Waals surface area contributed by atoms with Gasteiger partial charge < -0.3 is 20.5 Å². The van der Waals surface area contributed by atoms with Crippen LogP contribution in [0.1, 0.15) is 6.92 Å². The minimum Gasteiger partial charge on any atom is -0.480 e. The molecule has 1 aromatic carbocycles. The van der Waals surface area contributed by atoms with Crippen LogP contribution in [0.2, 0.25) is 0 Å². The molecule has 94 valence electrons. The highest BCUT2D eigenvalue weighted by Crippen LogP contribution is 2.21. The molecule has 0 aliphatic carbocycles. The van der Waals surface area contributed by atoms with Crippen molar-refractivity contribution < 1.29 is 14.6 Å². The van der Waals surface area contributed by atoms with Gasteiger partial charge >= 0.3 is 5.97 Å². The van der Waals surface area contributed by atoms with E-state index >= 15 is 0 Å². The Labute approximate surface area is 101 Å². The predicted octanol–water partition coefficient (Wildman–Crippen LogP) is 1.20. The number of hydrogen-bond donors (Lipinski definition) is 2. The van der Waals surface area contributed by atoms with Crippen molar-refractivity contribution in [2.75, 3.05) is 36.9 Å². The third kappa shape index (κ3) is 4.32. The first-order valence-electron chi connectivity index (χ1n) is 5.54. The van der Waals surface area contributed by atoms with Crippen LogP contribution in [0.3, 0.4) is 0 Å². The molecule has 5 nitrogen and oxygen atoms in total. The van der Waals surface area contributed by atoms with Crippen LogP contribution in [0.25, 0.3) is 0 Å². The third-order valence-electron chi connectivity index (χ3n) is 2.31. The van der Waals surface area contributed by atoms with Crippen molar-refractivity contribution in [3.63, 3.8) is 0 Å². The van der Waals surface area contributed by atoms with E-state index in [2.05, 4.69) is 0 Å². The van der Waals surface area contributed by atoms with Gasteiger partial charge in [-0.3, -0.25) is 4.79 Å². The molecule has 0 unspecified atom stereocenters. The van der Waals surface area contributed by atoms with Gasteiger partial charge in [-0.25, -0.2) is 0 Å². The minimum absolute atomic E-state index is 0.0821. The van der Waals surface area contributed by atoms with E-state index in [1.165, 1.54) is 0 Å². The molecular formula is C12H18N2O3. The lowest BCUT2D eigenvalue weighted by Gasteiger charge is -2.24. The third-order valence-corrected chi connectivity index (χ3v) is 2.31. The number of rotatable bonds is 7. The molecule has 0 amide bonds. The highest BCUT2D eigenvalue weighted by molar-refractivity contribution is 5.77. The number of para-hydroxylation sites is 2. The summed E-state index contributed by atoms with van der Waals surface area (Å²) in [5.74, 6) is -0.884. The van der Waals surface area contributed by atoms with Crippen molar-refractivity contribution in [3.05, 3.63) is 24.3 Å². The molecule has 0 atom stereocenters. The van der Waals surface area contributed by atoms with Crippen LogP contribution >= 0.6 is 0 Å². The summed E-state index contributed by atoms with van der Waals surface area (Å²) < 4.78 is 5.23. The van der Waals surface area contributed by atoms with Crippen molar-refractivity contribution in [3.8, 4) is 0 Å². The lowest BCUT2D eigenvalue weighted by Crippen LogP contribution is -2.33. The Balaban J connectivity index is 2.75. The first-order valence-corrected chi connectivity index (χ1v) is 5.54. The number of hydrogen-bond acceptors (Lipinski definition) is 4. The SMILES string of the molecule is CCOCCN(CC(=O)O)c1ccccc1N. The fourth-order valence-corrected chi connectivity index (χ4v) is 1.54. The van der Waals surface area contributed by atoms with Gasteiger partial charge in [-0.1, -0.05) is 12.1 Å². The number of aliphatic carboxylic acids is 1. The number of ether oxygens (including phenoxy) is 1. The summed E-state index contributed by atoms with van der Waals surface area (Å²) in [6, 6.07) is 7.22. The Morgan fingerprint density at radius 2 is 2.18 bits per heavy atom. The lowest BCUT2D eigenvalue weighted by atomic mass is 10.2. The molecule has 0 spiro atoms. The van der Waals surface area contributed by atoms with Gasteiger partial charge in [0.1, 0.15) is 6.54 Å². The number of benzene rings is 1. The van der Waals surface area contributed by atoms with E-state index in [0.29, 0.717) is 25.4 Å². The fraction of sp³-hybridized carbons (Fsp3) is 0.417. The maximum Gasteiger partial charge on any atom is 0.323 e. The molecule has 0 radical (unpaired) electrons. The van der Waals surface area contributed by atoms with Crippen LogP contribution in [0, 0.1) is 0 Å². The molecule has 0 heterocycles. The maximum absolute atomic E-state index is 10.8. The van der Waals surface area contributed by atoms with Gasteiger partial charge in [0.05, 0.1) is 18.0 Å². The summed E-state index contributed by atoms with van der Waals surface area (Å²) in [7, 11) is 0. The van der Waals surface area contributed by atoms with E-state index < -0.39 is 5.97 Å². The Morgan fingerprint density at radius 1 is 1.47 bits per heavy atom. The molecule has 0 aromatic heterocycles. The second-order valence-electron chi connectivity index (χ2n) is 3.57. The van der Waals surface area contributed by atoms with Crippen LogP contribution in [-0.4, -0.2) is 37.4 Å². The molecule has 0 fully saturated rings. The Kier molecular flexibility index (Phi) is 5.29. The van der Waals surface area contributed by atoms with Gasteiger partial charge in [-0.2, -0.15) is 0 Å². The van der Waals surface area contributed by atoms with Crippen LogP contribution in [-0.2, 0) is 9.53 Å². The molecule has 1 rings (SSSR count). The monoisotopic (exact) mass is 238 g/mol. The number of anilines is 2. The van der Waals surface area contributed by atoms with E-state index in [9.17, 15) is 4.79 Å². The molecule has 0 bridgehead atoms. The van der Waals surface area contributed by atoms with Crippen molar-refractivity contribution in [2.24, 2.45) is 0 Å². The Morgan fingerprint density at radius 3 is 2.76 bits per heavy atom. The lowest BCUT2D eigenvalue weighted by molar-refractivity contribution is -0.135. The van der Waals surface area contributed by atoms with Gasteiger partial charge in [-0.05, 0) is 19.1 Å². The van der Waals surface area contributed by atoms with Gasteiger partial charge in [0.25, 0.3) is 0 Å². The van der Waals surface area contributed by atoms with Gasteiger partial charge in [0.2, 0.25) is 0 Å². The van der Waals surface area contributed by atoms with Crippen LogP contribution < -0.4 is 10.6 Å². The van der Waals surface area contributed by atoms with Crippen LogP contribution in [0.5, 0.6) is 0 Å². The predicted molar refractivity (Wildman–Crippen MR) is 67.2 cm³/mol. The van der Waals surface area contributed by atoms with Gasteiger partial charge in [-0.15, -0.1) is 0 Å². The zero-order valence-corrected chi connectivity index (χ0v) is 9.93. The second-order valence-corrected chi connectivity index (χ2v) is 3.57. The Hall–Kier alpha value is -1.75. The molecule has 0 saturated carbocycles. The topological polar surface area (TPSA) is 75.8 Å². The molecule has 0 aliphatic heterocycles. The quantitative estimate of drug-likeness (QED) is 0.551. The van der Waals surface area contributed by atoms with Crippen LogP contribution in [0.4, 0.5) is 11.4 Å². The first kappa shape index (κ1) is 13.3. The normalized spacial score (nSPS) is 10.2. The van der Waals surface area contributed by atoms with E-state index in [-0.39, 0.29) is 6.54 Å². The molecular weight excluding hydrogens is 220 g/mol. The van der Waals surface area contributed by atoms with Crippen molar-refractivity contribution >= 4 is 17.3 Å². The van der Waals surface area contributed by atoms with E-state index in [0.717, 1.165) is 5.69 Å². The van der Waals surface area contributed by atoms with Gasteiger partial charge in [0.15, 0.2) is 0 Å². The van der Waals surface area contributed by atoms with Crippen molar-refractivity contribution in [1.29, 1.82) is 0 Å². The van der Waals surface area contributed by atoms with Gasteiger partial charge in [0, 0.05) is 13.2 Å². The van der Waals surface area contributed by atoms with E-state index in [4.69, 9.17) is 15.6 Å². The summed E-state index contributed by atoms with van der Waals surface area (Å²) in [5.41, 5.74) is 7.13. The number of carbonyl (C=O) groups is 1. The van der Waals surface area contributed by atoms with Crippen molar-refractivity contribution in [2.45, 2.75) is 6.92 Å². The number of nitrogens with zero attached hydrogens (tertiary/aromatic N) is 1. The molecule has 1 aromatic rings. The highest BCUT2D eigenvalue weighted by atomic mass is 16.5. The maximum atomic E-state index is 10.8. The Bertz CT molecular complexity index is 369. The summed E-state index contributed by atoms with van der Waals surface area (Å²) in [6.45, 7) is 3.43. The van der Waals surface area contributed by atoms with Crippen LogP contribution in [0.15, 0.2) is 24.3 Å². The van der Waals surface area contributed by atoms with E-state index in [1.54, 1.807) is 11.0 Å². The minimum atomic E-state index is -0.884. The number of nitrogens with two attached hydrogens (primary N) is 1. The zero-order valence-electron chi connectivity index (χ0n) is 9.93. The smallest absolute Gasteiger partial charge is 0.323 e. The summed E-state index contributed by atoms with van der Waals surface area (Å²) in [4.78, 5) is 12.5. The largest absolute Gasteiger partial charge is 0.480 e. The standard InChI is InChI=1S/C12H18N2O3/c1-2-17-8-7-14(9-12(15)16)11-6-4-3-5-10(11)13/h3-6H,2,7-9,13H2,1H3,(H,15,16). The number of carboxylic acid groups (broad SMARTS) is 1. The number of carboxylic acids is 1. The summed E-state index contributed by atoms with van der Waals surface area (Å²) >= 11 is 0. The number of nitrogen functional groups attached to an aromatic ring is 1. The first-order chi connectivity index (χ1) is 8.15. The zero-order chi connectivity index (χ0) is 12.7. The van der Waals surface area contributed by atoms with Crippen molar-refractivity contribution in [1.82, 2.24) is 0 Å². The summed E-state index contributed by atoms with van der Waals surface area (Å²) in [5, 5.41) is 8.87. The molecule has 5 heteroatoms. The van der Waals surface area contributed by atoms with E-state index in [1.807, 2.05) is 25.1 Å². The second kappa shape index (κ2) is 6.75. The average molecular weight is 238 g/mol. The fourth-order valence-electron chi connectivity index (χ4n) is 1.54. The molecule has 17 heavy (non-hydrogen) atoms. The highest BCUT2D eigenvalue weighted by Gasteiger charge is 2.12. The average Bonchev–Trinajstić information content (AvgIpc) is 2.28.